The molecule has 1 aliphatic rings. The van der Waals surface area contributed by atoms with Crippen molar-refractivity contribution in [3.8, 4) is 5.69 Å². The number of morpholine rings is 1. The van der Waals surface area contributed by atoms with E-state index >= 15 is 0 Å². The molecule has 7 heteroatoms. The molecule has 2 aromatic carbocycles. The van der Waals surface area contributed by atoms with E-state index in [4.69, 9.17) is 9.72 Å². The number of hydrogen-bond donors (Lipinski definition) is 0. The summed E-state index contributed by atoms with van der Waals surface area (Å²) >= 11 is 3.74. The van der Waals surface area contributed by atoms with Crippen LogP contribution in [0.4, 0.5) is 10.1 Å². The number of para-hydroxylation sites is 1. The molecule has 0 saturated carbocycles. The Balaban J connectivity index is 1.79. The van der Waals surface area contributed by atoms with Crippen LogP contribution in [0.3, 0.4) is 0 Å². The lowest BCUT2D eigenvalue weighted by Gasteiger charge is -2.29. The van der Waals surface area contributed by atoms with Gasteiger partial charge in [0, 0.05) is 41.3 Å². The van der Waals surface area contributed by atoms with Gasteiger partial charge in [-0.25, -0.2) is 9.37 Å². The number of anilines is 1. The molecule has 2 aromatic heterocycles. The number of aryl methyl sites for hydroxylation is 1. The Kier molecular flexibility index (Phi) is 5.16. The first-order valence-corrected chi connectivity index (χ1v) is 11.0. The minimum atomic E-state index is -0.314. The molecule has 3 heterocycles. The first-order chi connectivity index (χ1) is 14.7. The molecule has 1 aliphatic heterocycles. The van der Waals surface area contributed by atoms with Gasteiger partial charge in [-0.1, -0.05) is 19.1 Å². The van der Waals surface area contributed by atoms with Gasteiger partial charge in [0.15, 0.2) is 0 Å². The van der Waals surface area contributed by atoms with E-state index in [-0.39, 0.29) is 5.82 Å². The van der Waals surface area contributed by atoms with E-state index in [0.29, 0.717) is 5.52 Å². The zero-order valence-electron chi connectivity index (χ0n) is 16.7. The lowest BCUT2D eigenvalue weighted by Crippen LogP contribution is -2.36. The van der Waals surface area contributed by atoms with Crippen LogP contribution in [0.2, 0.25) is 0 Å². The number of imidazole rings is 1. The summed E-state index contributed by atoms with van der Waals surface area (Å²) in [6.07, 6.45) is 3.46. The van der Waals surface area contributed by atoms with Crippen LogP contribution >= 0.6 is 15.9 Å². The third-order valence-electron chi connectivity index (χ3n) is 5.56. The topological polar surface area (TPSA) is 43.2 Å². The molecule has 154 valence electrons. The summed E-state index contributed by atoms with van der Waals surface area (Å²) < 4.78 is 23.1. The maximum atomic E-state index is 14.4. The van der Waals surface area contributed by atoms with Crippen LogP contribution in [0.15, 0.2) is 47.1 Å². The van der Waals surface area contributed by atoms with Crippen molar-refractivity contribution in [1.29, 1.82) is 0 Å². The molecule has 0 atom stereocenters. The predicted molar refractivity (Wildman–Crippen MR) is 121 cm³/mol. The zero-order chi connectivity index (χ0) is 20.7. The van der Waals surface area contributed by atoms with Crippen molar-refractivity contribution >= 4 is 43.6 Å². The van der Waals surface area contributed by atoms with Crippen LogP contribution in [-0.2, 0) is 11.2 Å². The summed E-state index contributed by atoms with van der Waals surface area (Å²) in [5.74, 6) is 0.648. The van der Waals surface area contributed by atoms with Gasteiger partial charge >= 0.3 is 0 Å². The highest BCUT2D eigenvalue weighted by Crippen LogP contribution is 2.35. The first-order valence-electron chi connectivity index (χ1n) is 10.2. The van der Waals surface area contributed by atoms with E-state index < -0.39 is 0 Å². The molecule has 0 spiro atoms. The van der Waals surface area contributed by atoms with Crippen molar-refractivity contribution in [3.63, 3.8) is 0 Å². The van der Waals surface area contributed by atoms with Gasteiger partial charge in [-0.05, 0) is 46.6 Å². The first kappa shape index (κ1) is 19.5. The van der Waals surface area contributed by atoms with Crippen molar-refractivity contribution in [1.82, 2.24) is 14.5 Å². The second-order valence-corrected chi connectivity index (χ2v) is 8.33. The number of nitrogens with zero attached hydrogens (tertiary/aromatic N) is 4. The molecule has 0 aliphatic carbocycles. The third-order valence-corrected chi connectivity index (χ3v) is 6.16. The van der Waals surface area contributed by atoms with E-state index in [0.717, 1.165) is 77.2 Å². The number of fused-ring (bicyclic) bond motifs is 2. The lowest BCUT2D eigenvalue weighted by atomic mass is 10.1. The normalized spacial score (nSPS) is 14.7. The van der Waals surface area contributed by atoms with Crippen LogP contribution in [0.1, 0.15) is 19.2 Å². The monoisotopic (exact) mass is 468 g/mol. The molecule has 5 rings (SSSR count). The van der Waals surface area contributed by atoms with Crippen LogP contribution in [0.5, 0.6) is 0 Å². The Morgan fingerprint density at radius 1 is 1.13 bits per heavy atom. The molecule has 0 bridgehead atoms. The Morgan fingerprint density at radius 2 is 1.97 bits per heavy atom. The minimum absolute atomic E-state index is 0.314. The van der Waals surface area contributed by atoms with Crippen molar-refractivity contribution in [3.05, 3.63) is 58.7 Å². The molecule has 0 N–H and O–H groups in total. The highest BCUT2D eigenvalue weighted by Gasteiger charge is 2.20. The Labute approximate surface area is 182 Å². The van der Waals surface area contributed by atoms with Crippen molar-refractivity contribution in [2.45, 2.75) is 19.8 Å². The van der Waals surface area contributed by atoms with E-state index in [9.17, 15) is 4.39 Å². The summed E-state index contributed by atoms with van der Waals surface area (Å²) in [5.41, 5.74) is 4.33. The van der Waals surface area contributed by atoms with Gasteiger partial charge in [-0.2, -0.15) is 0 Å². The van der Waals surface area contributed by atoms with Gasteiger partial charge in [-0.3, -0.25) is 9.55 Å². The lowest BCUT2D eigenvalue weighted by molar-refractivity contribution is 0.122. The van der Waals surface area contributed by atoms with Crippen LogP contribution in [0.25, 0.3) is 27.6 Å². The van der Waals surface area contributed by atoms with Crippen LogP contribution < -0.4 is 4.90 Å². The summed E-state index contributed by atoms with van der Waals surface area (Å²) in [5, 5.41) is 0.780. The standard InChI is InChI=1S/C23H22BrFN4O/c1-2-4-21-27-23-17(24)13-15(28-9-11-30-12-10-28)14-20(23)29(21)19-7-8-26-22-16(19)5-3-6-18(22)25/h3,5-8,13-14H,2,4,9-12H2,1H3. The largest absolute Gasteiger partial charge is 0.378 e. The molecule has 4 aromatic rings. The Bertz CT molecular complexity index is 1230. The van der Waals surface area contributed by atoms with Crippen molar-refractivity contribution in [2.75, 3.05) is 31.2 Å². The van der Waals surface area contributed by atoms with E-state index in [1.807, 2.05) is 12.1 Å². The van der Waals surface area contributed by atoms with E-state index in [2.05, 4.69) is 49.4 Å². The summed E-state index contributed by atoms with van der Waals surface area (Å²) in [6, 6.07) is 11.4. The average molecular weight is 469 g/mol. The third kappa shape index (κ3) is 3.26. The van der Waals surface area contributed by atoms with Gasteiger partial charge in [0.2, 0.25) is 0 Å². The molecule has 0 amide bonds. The maximum Gasteiger partial charge on any atom is 0.149 e. The van der Waals surface area contributed by atoms with Crippen LogP contribution in [-0.4, -0.2) is 40.8 Å². The fraction of sp³-hybridized carbons (Fsp3) is 0.304. The van der Waals surface area contributed by atoms with Gasteiger partial charge in [0.1, 0.15) is 22.7 Å². The van der Waals surface area contributed by atoms with Gasteiger partial charge in [-0.15, -0.1) is 0 Å². The van der Waals surface area contributed by atoms with Crippen molar-refractivity contribution in [2.24, 2.45) is 0 Å². The molecule has 1 saturated heterocycles. The summed E-state index contributed by atoms with van der Waals surface area (Å²) in [6.45, 7) is 5.31. The highest BCUT2D eigenvalue weighted by atomic mass is 79.9. The smallest absolute Gasteiger partial charge is 0.149 e. The van der Waals surface area contributed by atoms with Gasteiger partial charge in [0.05, 0.1) is 24.4 Å². The zero-order valence-corrected chi connectivity index (χ0v) is 18.3. The maximum absolute atomic E-state index is 14.4. The second-order valence-electron chi connectivity index (χ2n) is 7.47. The van der Waals surface area contributed by atoms with E-state index in [1.54, 1.807) is 12.3 Å². The second kappa shape index (κ2) is 7.96. The number of benzene rings is 2. The van der Waals surface area contributed by atoms with Crippen LogP contribution in [0, 0.1) is 5.82 Å². The summed E-state index contributed by atoms with van der Waals surface area (Å²) in [4.78, 5) is 11.6. The Hall–Kier alpha value is -2.51. The molecule has 0 radical (unpaired) electrons. The predicted octanol–water partition coefficient (Wildman–Crippen LogP) is 5.26. The highest BCUT2D eigenvalue weighted by molar-refractivity contribution is 9.10. The molecule has 1 fully saturated rings. The fourth-order valence-corrected chi connectivity index (χ4v) is 4.68. The fourth-order valence-electron chi connectivity index (χ4n) is 4.15. The van der Waals surface area contributed by atoms with Gasteiger partial charge < -0.3 is 9.64 Å². The number of rotatable bonds is 4. The molecule has 30 heavy (non-hydrogen) atoms. The number of hydrogen-bond acceptors (Lipinski definition) is 4. The number of ether oxygens (including phenoxy) is 1. The number of pyridine rings is 1. The molecular weight excluding hydrogens is 447 g/mol. The summed E-state index contributed by atoms with van der Waals surface area (Å²) in [7, 11) is 0. The molecule has 0 unspecified atom stereocenters. The number of aromatic nitrogens is 3. The minimum Gasteiger partial charge on any atom is -0.378 e. The van der Waals surface area contributed by atoms with E-state index in [1.165, 1.54) is 6.07 Å². The molecule has 5 nitrogen and oxygen atoms in total. The SMILES string of the molecule is CCCc1nc2c(Br)cc(N3CCOCC3)cc2n1-c1ccnc2c(F)cccc12. The molecular formula is C23H22BrFN4O. The Morgan fingerprint density at radius 3 is 2.77 bits per heavy atom. The van der Waals surface area contributed by atoms with Crippen molar-refractivity contribution < 1.29 is 9.13 Å². The average Bonchev–Trinajstić information content (AvgIpc) is 3.13. The quantitative estimate of drug-likeness (QED) is 0.409. The van der Waals surface area contributed by atoms with Gasteiger partial charge in [0.25, 0.3) is 0 Å². The number of halogens is 2.